The number of rotatable bonds is 5. The highest BCUT2D eigenvalue weighted by Gasteiger charge is 1.85. The quantitative estimate of drug-likeness (QED) is 0.641. The SMILES string of the molecule is CC(C)N.CCCCCCCF. The van der Waals surface area contributed by atoms with Crippen LogP contribution in [-0.4, -0.2) is 12.7 Å². The van der Waals surface area contributed by atoms with E-state index in [1.54, 1.807) is 0 Å². The van der Waals surface area contributed by atoms with Crippen molar-refractivity contribution in [3.63, 3.8) is 0 Å². The van der Waals surface area contributed by atoms with Gasteiger partial charge in [-0.3, -0.25) is 4.39 Å². The summed E-state index contributed by atoms with van der Waals surface area (Å²) in [5.74, 6) is 0. The van der Waals surface area contributed by atoms with Gasteiger partial charge in [-0.1, -0.05) is 46.5 Å². The van der Waals surface area contributed by atoms with Crippen LogP contribution in [0, 0.1) is 0 Å². The van der Waals surface area contributed by atoms with E-state index in [0.717, 1.165) is 12.8 Å². The van der Waals surface area contributed by atoms with Gasteiger partial charge < -0.3 is 5.73 Å². The first kappa shape index (κ1) is 14.4. The molecule has 0 aliphatic heterocycles. The molecule has 0 aliphatic rings. The van der Waals surface area contributed by atoms with Gasteiger partial charge in [0.15, 0.2) is 0 Å². The molecule has 76 valence electrons. The lowest BCUT2D eigenvalue weighted by Crippen LogP contribution is -2.06. The minimum Gasteiger partial charge on any atom is -0.328 e. The molecule has 0 radical (unpaired) electrons. The Hall–Kier alpha value is -0.110. The lowest BCUT2D eigenvalue weighted by Gasteiger charge is -1.92. The fourth-order valence-electron chi connectivity index (χ4n) is 0.698. The number of hydrogen-bond donors (Lipinski definition) is 1. The highest BCUT2D eigenvalue weighted by molar-refractivity contribution is 4.39. The molecule has 0 saturated carbocycles. The number of hydrogen-bond acceptors (Lipinski definition) is 1. The Morgan fingerprint density at radius 1 is 1.08 bits per heavy atom. The number of unbranched alkanes of at least 4 members (excludes halogenated alkanes) is 4. The summed E-state index contributed by atoms with van der Waals surface area (Å²) in [6.45, 7) is 5.92. The van der Waals surface area contributed by atoms with Crippen molar-refractivity contribution >= 4 is 0 Å². The van der Waals surface area contributed by atoms with Gasteiger partial charge in [-0.2, -0.15) is 0 Å². The van der Waals surface area contributed by atoms with Crippen LogP contribution in [0.5, 0.6) is 0 Å². The number of halogens is 1. The van der Waals surface area contributed by atoms with E-state index in [0.29, 0.717) is 6.04 Å². The minimum atomic E-state index is -0.135. The highest BCUT2D eigenvalue weighted by atomic mass is 19.1. The molecule has 0 rings (SSSR count). The molecule has 0 saturated heterocycles. The maximum absolute atomic E-state index is 11.4. The summed E-state index contributed by atoms with van der Waals surface area (Å²) in [6.07, 6.45) is 5.55. The van der Waals surface area contributed by atoms with Gasteiger partial charge in [-0.05, 0) is 12.5 Å². The molecule has 2 heteroatoms. The predicted molar refractivity (Wildman–Crippen MR) is 54.1 cm³/mol. The van der Waals surface area contributed by atoms with Crippen molar-refractivity contribution in [2.24, 2.45) is 5.73 Å². The van der Waals surface area contributed by atoms with Gasteiger partial charge in [-0.15, -0.1) is 0 Å². The molecule has 0 fully saturated rings. The molecule has 0 aliphatic carbocycles. The predicted octanol–water partition coefficient (Wildman–Crippen LogP) is 3.28. The average Bonchev–Trinajstić information content (AvgIpc) is 1.97. The van der Waals surface area contributed by atoms with Crippen LogP contribution in [0.4, 0.5) is 4.39 Å². The van der Waals surface area contributed by atoms with Crippen LogP contribution in [0.25, 0.3) is 0 Å². The maximum atomic E-state index is 11.4. The topological polar surface area (TPSA) is 26.0 Å². The third-order valence-electron chi connectivity index (χ3n) is 1.24. The van der Waals surface area contributed by atoms with Gasteiger partial charge in [0.25, 0.3) is 0 Å². The summed E-state index contributed by atoms with van der Waals surface area (Å²) in [6, 6.07) is 0.333. The van der Waals surface area contributed by atoms with E-state index >= 15 is 0 Å². The molecule has 0 bridgehead atoms. The summed E-state index contributed by atoms with van der Waals surface area (Å²) in [7, 11) is 0. The van der Waals surface area contributed by atoms with Crippen LogP contribution in [0.15, 0.2) is 0 Å². The van der Waals surface area contributed by atoms with Gasteiger partial charge >= 0.3 is 0 Å². The molecule has 1 nitrogen and oxygen atoms in total. The van der Waals surface area contributed by atoms with E-state index in [2.05, 4.69) is 6.92 Å². The van der Waals surface area contributed by atoms with Crippen LogP contribution in [-0.2, 0) is 0 Å². The minimum absolute atomic E-state index is 0.135. The zero-order chi connectivity index (χ0) is 9.82. The zero-order valence-corrected chi connectivity index (χ0v) is 8.78. The molecular formula is C10H24FN. The van der Waals surface area contributed by atoms with Crippen LogP contribution >= 0.6 is 0 Å². The Bertz CT molecular complexity index is 56.1. The van der Waals surface area contributed by atoms with E-state index in [-0.39, 0.29) is 6.67 Å². The molecule has 0 aromatic rings. The van der Waals surface area contributed by atoms with Gasteiger partial charge in [0.05, 0.1) is 6.67 Å². The molecule has 0 aromatic heterocycles. The second-order valence-electron chi connectivity index (χ2n) is 3.35. The van der Waals surface area contributed by atoms with E-state index in [9.17, 15) is 4.39 Å². The molecule has 0 atom stereocenters. The molecule has 0 spiro atoms. The Balaban J connectivity index is 0. The monoisotopic (exact) mass is 177 g/mol. The highest BCUT2D eigenvalue weighted by Crippen LogP contribution is 2.01. The first-order valence-electron chi connectivity index (χ1n) is 4.96. The molecule has 0 amide bonds. The van der Waals surface area contributed by atoms with E-state index in [1.165, 1.54) is 19.3 Å². The first-order chi connectivity index (χ1) is 5.65. The van der Waals surface area contributed by atoms with E-state index < -0.39 is 0 Å². The third-order valence-corrected chi connectivity index (χ3v) is 1.24. The molecule has 0 heterocycles. The van der Waals surface area contributed by atoms with E-state index in [1.807, 2.05) is 13.8 Å². The van der Waals surface area contributed by atoms with E-state index in [4.69, 9.17) is 5.73 Å². The third kappa shape index (κ3) is 32.7. The van der Waals surface area contributed by atoms with Crippen molar-refractivity contribution in [3.8, 4) is 0 Å². The first-order valence-corrected chi connectivity index (χ1v) is 4.96. The van der Waals surface area contributed by atoms with Gasteiger partial charge in [-0.25, -0.2) is 0 Å². The second-order valence-corrected chi connectivity index (χ2v) is 3.35. The zero-order valence-electron chi connectivity index (χ0n) is 8.78. The number of nitrogens with two attached hydrogens (primary N) is 1. The van der Waals surface area contributed by atoms with Crippen molar-refractivity contribution in [1.29, 1.82) is 0 Å². The Morgan fingerprint density at radius 3 is 1.83 bits per heavy atom. The summed E-state index contributed by atoms with van der Waals surface area (Å²) in [4.78, 5) is 0. The summed E-state index contributed by atoms with van der Waals surface area (Å²) >= 11 is 0. The van der Waals surface area contributed by atoms with Gasteiger partial charge in [0.2, 0.25) is 0 Å². The Kier molecular flexibility index (Phi) is 16.2. The fourth-order valence-corrected chi connectivity index (χ4v) is 0.698. The second kappa shape index (κ2) is 13.5. The molecule has 2 N–H and O–H groups in total. The fraction of sp³-hybridized carbons (Fsp3) is 1.00. The standard InChI is InChI=1S/C7H15F.C3H9N/c1-2-3-4-5-6-7-8;1-3(2)4/h2-7H2,1H3;3H,4H2,1-2H3. The lowest BCUT2D eigenvalue weighted by atomic mass is 10.2. The van der Waals surface area contributed by atoms with Gasteiger partial charge in [0.1, 0.15) is 0 Å². The summed E-state index contributed by atoms with van der Waals surface area (Å²) in [5.41, 5.74) is 5.11. The van der Waals surface area contributed by atoms with Crippen LogP contribution in [0.2, 0.25) is 0 Å². The number of alkyl halides is 1. The van der Waals surface area contributed by atoms with Crippen molar-refractivity contribution < 1.29 is 4.39 Å². The largest absolute Gasteiger partial charge is 0.328 e. The van der Waals surface area contributed by atoms with Crippen molar-refractivity contribution in [2.75, 3.05) is 6.67 Å². The van der Waals surface area contributed by atoms with Crippen molar-refractivity contribution in [1.82, 2.24) is 0 Å². The normalized spacial score (nSPS) is 9.50. The Labute approximate surface area is 76.5 Å². The average molecular weight is 177 g/mol. The smallest absolute Gasteiger partial charge is 0.0894 e. The molecule has 12 heavy (non-hydrogen) atoms. The van der Waals surface area contributed by atoms with Crippen molar-refractivity contribution in [2.45, 2.75) is 58.9 Å². The lowest BCUT2D eigenvalue weighted by molar-refractivity contribution is 0.452. The maximum Gasteiger partial charge on any atom is 0.0894 e. The van der Waals surface area contributed by atoms with Crippen LogP contribution < -0.4 is 5.73 Å². The molecular weight excluding hydrogens is 153 g/mol. The Morgan fingerprint density at radius 2 is 1.50 bits per heavy atom. The summed E-state index contributed by atoms with van der Waals surface area (Å²) < 4.78 is 11.4. The summed E-state index contributed by atoms with van der Waals surface area (Å²) in [5, 5.41) is 0. The molecule has 0 unspecified atom stereocenters. The molecule has 0 aromatic carbocycles. The van der Waals surface area contributed by atoms with Crippen LogP contribution in [0.1, 0.15) is 52.9 Å². The van der Waals surface area contributed by atoms with Crippen molar-refractivity contribution in [3.05, 3.63) is 0 Å². The van der Waals surface area contributed by atoms with Gasteiger partial charge in [0, 0.05) is 0 Å². The van der Waals surface area contributed by atoms with Crippen LogP contribution in [0.3, 0.4) is 0 Å².